The predicted molar refractivity (Wildman–Crippen MR) is 321 cm³/mol. The molecule has 0 amide bonds. The molecule has 2 heterocycles. The van der Waals surface area contributed by atoms with Crippen LogP contribution in [0.15, 0.2) is 285 Å². The molecule has 3 aliphatic rings. The molecule has 0 unspecified atom stereocenters. The van der Waals surface area contributed by atoms with Crippen LogP contribution in [0, 0.1) is 11.3 Å². The SMILES string of the molecule is N#Cc1ccc(-c2cc(-c3ccccc3)c(N3c4cc(-c5ccccc5)ccc4B4c5ccc(-c6ccccc6)cc5Oc5cc(C6(c7ccccc7)c7ccccc7-c7ccccc76)cc3c54)c(-c3ccccc3)c2)cc1. The molecule has 0 spiro atoms. The summed E-state index contributed by atoms with van der Waals surface area (Å²) in [7, 11) is 0. The summed E-state index contributed by atoms with van der Waals surface area (Å²) in [5.74, 6) is 1.69. The fourth-order valence-electron chi connectivity index (χ4n) is 13.0. The topological polar surface area (TPSA) is 36.3 Å². The summed E-state index contributed by atoms with van der Waals surface area (Å²) in [6.45, 7) is -0.178. The maximum absolute atomic E-state index is 9.89. The van der Waals surface area contributed by atoms with Gasteiger partial charge in [0.05, 0.1) is 22.7 Å². The second-order valence-electron chi connectivity index (χ2n) is 20.6. The molecule has 12 aromatic carbocycles. The van der Waals surface area contributed by atoms with E-state index in [-0.39, 0.29) is 6.71 Å². The maximum Gasteiger partial charge on any atom is 0.256 e. The lowest BCUT2D eigenvalue weighted by Gasteiger charge is -2.43. The fourth-order valence-corrected chi connectivity index (χ4v) is 13.0. The first-order valence-corrected chi connectivity index (χ1v) is 26.7. The predicted octanol–water partition coefficient (Wildman–Crippen LogP) is 16.7. The molecule has 0 radical (unpaired) electrons. The molecular formula is C74H47BN2O. The lowest BCUT2D eigenvalue weighted by Crippen LogP contribution is -2.59. The molecule has 0 saturated carbocycles. The monoisotopic (exact) mass is 990 g/mol. The van der Waals surface area contributed by atoms with Crippen LogP contribution in [0.2, 0.25) is 0 Å². The molecule has 0 N–H and O–H groups in total. The zero-order chi connectivity index (χ0) is 51.7. The van der Waals surface area contributed by atoms with E-state index < -0.39 is 5.41 Å². The number of nitrogens with zero attached hydrogens (tertiary/aromatic N) is 2. The summed E-state index contributed by atoms with van der Waals surface area (Å²) in [6, 6.07) is 106. The van der Waals surface area contributed by atoms with Crippen molar-refractivity contribution in [1.82, 2.24) is 0 Å². The second kappa shape index (κ2) is 18.3. The van der Waals surface area contributed by atoms with Gasteiger partial charge in [0.2, 0.25) is 0 Å². The van der Waals surface area contributed by atoms with E-state index in [9.17, 15) is 5.26 Å². The van der Waals surface area contributed by atoms with Crippen LogP contribution in [0.25, 0.3) is 66.8 Å². The molecule has 0 fully saturated rings. The van der Waals surface area contributed by atoms with Crippen molar-refractivity contribution in [3.8, 4) is 84.3 Å². The minimum absolute atomic E-state index is 0.178. The van der Waals surface area contributed by atoms with Crippen molar-refractivity contribution in [3.05, 3.63) is 313 Å². The number of benzene rings is 12. The zero-order valence-electron chi connectivity index (χ0n) is 42.5. The molecule has 0 atom stereocenters. The minimum Gasteiger partial charge on any atom is -0.458 e. The van der Waals surface area contributed by atoms with Gasteiger partial charge in [-0.1, -0.05) is 237 Å². The Bertz CT molecular complexity index is 4240. The Kier molecular flexibility index (Phi) is 10.6. The van der Waals surface area contributed by atoms with Gasteiger partial charge < -0.3 is 9.64 Å². The number of rotatable bonds is 8. The number of hydrogen-bond donors (Lipinski definition) is 0. The molecular weight excluding hydrogens is 944 g/mol. The van der Waals surface area contributed by atoms with E-state index in [1.165, 1.54) is 33.3 Å². The third kappa shape index (κ3) is 7.06. The first-order chi connectivity index (χ1) is 38.6. The lowest BCUT2D eigenvalue weighted by atomic mass is 9.34. The van der Waals surface area contributed by atoms with Gasteiger partial charge in [0.25, 0.3) is 6.71 Å². The van der Waals surface area contributed by atoms with Crippen LogP contribution in [0.1, 0.15) is 27.8 Å². The van der Waals surface area contributed by atoms with Gasteiger partial charge in [-0.15, -0.1) is 0 Å². The molecule has 362 valence electrons. The highest BCUT2D eigenvalue weighted by Crippen LogP contribution is 2.59. The van der Waals surface area contributed by atoms with Crippen molar-refractivity contribution >= 4 is 40.2 Å². The fraction of sp³-hybridized carbons (Fsp3) is 0.0135. The Labute approximate surface area is 455 Å². The first kappa shape index (κ1) is 45.2. The number of hydrogen-bond acceptors (Lipinski definition) is 3. The van der Waals surface area contributed by atoms with Gasteiger partial charge in [0.1, 0.15) is 11.5 Å². The van der Waals surface area contributed by atoms with E-state index >= 15 is 0 Å². The second-order valence-corrected chi connectivity index (χ2v) is 20.6. The third-order valence-corrected chi connectivity index (χ3v) is 16.4. The molecule has 15 rings (SSSR count). The molecule has 4 heteroatoms. The quantitative estimate of drug-likeness (QED) is 0.142. The van der Waals surface area contributed by atoms with E-state index in [2.05, 4.69) is 284 Å². The molecule has 0 aromatic heterocycles. The Morgan fingerprint density at radius 2 is 0.821 bits per heavy atom. The summed E-state index contributed by atoms with van der Waals surface area (Å²) in [5, 5.41) is 9.89. The molecule has 0 saturated heterocycles. The summed E-state index contributed by atoms with van der Waals surface area (Å²) >= 11 is 0. The number of fused-ring (bicyclic) bond motifs is 7. The minimum atomic E-state index is -0.729. The van der Waals surface area contributed by atoms with Gasteiger partial charge in [0.15, 0.2) is 0 Å². The van der Waals surface area contributed by atoms with Gasteiger partial charge in [-0.2, -0.15) is 5.26 Å². The Hall–Kier alpha value is -10.2. The van der Waals surface area contributed by atoms with Crippen LogP contribution in [0.5, 0.6) is 11.5 Å². The highest BCUT2D eigenvalue weighted by atomic mass is 16.5. The van der Waals surface area contributed by atoms with Crippen LogP contribution >= 0.6 is 0 Å². The van der Waals surface area contributed by atoms with Crippen molar-refractivity contribution in [2.24, 2.45) is 0 Å². The molecule has 2 aliphatic heterocycles. The number of nitriles is 1. The van der Waals surface area contributed by atoms with Gasteiger partial charge in [0, 0.05) is 22.5 Å². The Morgan fingerprint density at radius 1 is 0.346 bits per heavy atom. The highest BCUT2D eigenvalue weighted by Gasteiger charge is 2.49. The average Bonchev–Trinajstić information content (AvgIpc) is 4.03. The Morgan fingerprint density at radius 3 is 1.38 bits per heavy atom. The van der Waals surface area contributed by atoms with Gasteiger partial charge in [-0.05, 0) is 143 Å². The van der Waals surface area contributed by atoms with Crippen LogP contribution in [0.3, 0.4) is 0 Å². The number of ether oxygens (including phenoxy) is 1. The summed E-state index contributed by atoms with van der Waals surface area (Å²) in [4.78, 5) is 2.59. The highest BCUT2D eigenvalue weighted by molar-refractivity contribution is 6.99. The normalized spacial score (nSPS) is 13.0. The Balaban J connectivity index is 1.11. The van der Waals surface area contributed by atoms with Crippen molar-refractivity contribution in [3.63, 3.8) is 0 Å². The molecule has 0 bridgehead atoms. The van der Waals surface area contributed by atoms with E-state index in [1.807, 2.05) is 12.1 Å². The van der Waals surface area contributed by atoms with Crippen molar-refractivity contribution < 1.29 is 4.74 Å². The molecule has 12 aromatic rings. The zero-order valence-corrected chi connectivity index (χ0v) is 42.5. The largest absolute Gasteiger partial charge is 0.458 e. The van der Waals surface area contributed by atoms with Gasteiger partial charge in [-0.3, -0.25) is 0 Å². The van der Waals surface area contributed by atoms with E-state index in [4.69, 9.17) is 4.74 Å². The van der Waals surface area contributed by atoms with Gasteiger partial charge >= 0.3 is 0 Å². The number of anilines is 3. The van der Waals surface area contributed by atoms with Crippen molar-refractivity contribution in [2.45, 2.75) is 5.41 Å². The third-order valence-electron chi connectivity index (χ3n) is 16.4. The first-order valence-electron chi connectivity index (χ1n) is 26.7. The van der Waals surface area contributed by atoms with Gasteiger partial charge in [-0.25, -0.2) is 0 Å². The summed E-state index contributed by atoms with van der Waals surface area (Å²) in [5.41, 5.74) is 24.7. The van der Waals surface area contributed by atoms with Crippen LogP contribution in [-0.2, 0) is 5.41 Å². The standard InChI is InChI=1S/C74H47BN2O/c76-48-49-34-36-52(37-35-49)57-42-62(53-24-10-3-11-25-53)73(63(43-57)54-26-12-4-13-27-54)77-68-44-55(50-20-6-1-7-21-50)38-40-66(68)75-67-41-39-56(51-22-8-2-9-23-51)45-70(67)78-71-47-59(46-69(77)72(71)75)74(58-28-14-5-15-29-58)64-32-18-16-30-60(64)61-31-17-19-33-65(61)74/h1-47H. The van der Waals surface area contributed by atoms with Crippen LogP contribution < -0.4 is 26.0 Å². The van der Waals surface area contributed by atoms with Crippen LogP contribution in [0.4, 0.5) is 17.1 Å². The maximum atomic E-state index is 9.89. The summed E-state index contributed by atoms with van der Waals surface area (Å²) < 4.78 is 7.61. The average molecular weight is 991 g/mol. The summed E-state index contributed by atoms with van der Waals surface area (Å²) in [6.07, 6.45) is 0. The van der Waals surface area contributed by atoms with E-state index in [0.29, 0.717) is 5.56 Å². The van der Waals surface area contributed by atoms with E-state index in [1.54, 1.807) is 0 Å². The van der Waals surface area contributed by atoms with Crippen molar-refractivity contribution in [2.75, 3.05) is 4.90 Å². The van der Waals surface area contributed by atoms with Crippen LogP contribution in [-0.4, -0.2) is 6.71 Å². The molecule has 1 aliphatic carbocycles. The molecule has 78 heavy (non-hydrogen) atoms. The molecule has 3 nitrogen and oxygen atoms in total. The smallest absolute Gasteiger partial charge is 0.256 e. The lowest BCUT2D eigenvalue weighted by molar-refractivity contribution is 0.486. The van der Waals surface area contributed by atoms with Crippen molar-refractivity contribution in [1.29, 1.82) is 5.26 Å². The van der Waals surface area contributed by atoms with E-state index in [0.717, 1.165) is 101 Å².